The summed E-state index contributed by atoms with van der Waals surface area (Å²) in [6, 6.07) is 61.0. The molecular weight excluding hydrogens is 889 g/mol. The molecule has 7 rings (SSSR count). The van der Waals surface area contributed by atoms with Gasteiger partial charge in [-0.1, -0.05) is 224 Å². The predicted molar refractivity (Wildman–Crippen MR) is 279 cm³/mol. The molecule has 12 nitrogen and oxygen atoms in total. The average molecular weight is 955 g/mol. The summed E-state index contributed by atoms with van der Waals surface area (Å²) < 4.78 is 20.5. The van der Waals surface area contributed by atoms with Crippen LogP contribution in [0.3, 0.4) is 0 Å². The molecule has 0 aliphatic heterocycles. The molecule has 0 aliphatic rings. The van der Waals surface area contributed by atoms with Gasteiger partial charge in [-0.3, -0.25) is 4.79 Å². The van der Waals surface area contributed by atoms with Crippen LogP contribution in [0.1, 0.15) is 87.8 Å². The minimum atomic E-state index is -1.27. The summed E-state index contributed by atoms with van der Waals surface area (Å²) in [5.74, 6) is -0.831. The molecule has 6 aromatic carbocycles. The van der Waals surface area contributed by atoms with Crippen molar-refractivity contribution in [2.24, 2.45) is 28.2 Å². The number of benzene rings is 6. The molecule has 0 fully saturated rings. The van der Waals surface area contributed by atoms with Crippen LogP contribution in [0.15, 0.2) is 188 Å². The van der Waals surface area contributed by atoms with E-state index in [1.807, 2.05) is 155 Å². The summed E-state index contributed by atoms with van der Waals surface area (Å²) in [5.41, 5.74) is 12.5. The highest BCUT2D eigenvalue weighted by Crippen LogP contribution is 2.51. The molecular formula is C59H66N6O6. The van der Waals surface area contributed by atoms with Gasteiger partial charge in [-0.2, -0.15) is 5.10 Å². The number of amides is 3. The fraction of sp³-hybridized carbons (Fsp3) is 0.288. The Kier molecular flexibility index (Phi) is 15.8. The Hall–Kier alpha value is -7.70. The zero-order chi connectivity index (χ0) is 50.7. The second-order valence-corrected chi connectivity index (χ2v) is 19.8. The lowest BCUT2D eigenvalue weighted by atomic mass is 9.59. The number of carbonyl (C=O) groups is 3. The maximum Gasteiger partial charge on any atom is 0.405 e. The van der Waals surface area contributed by atoms with E-state index in [9.17, 15) is 9.59 Å². The fourth-order valence-corrected chi connectivity index (χ4v) is 10.3. The number of carbonyl (C=O) groups excluding carboxylic acids is 3. The van der Waals surface area contributed by atoms with Crippen molar-refractivity contribution in [3.8, 4) is 0 Å². The van der Waals surface area contributed by atoms with Crippen molar-refractivity contribution in [3.05, 3.63) is 222 Å². The van der Waals surface area contributed by atoms with Gasteiger partial charge in [0.25, 0.3) is 0 Å². The van der Waals surface area contributed by atoms with Crippen LogP contribution >= 0.6 is 0 Å². The molecule has 0 spiro atoms. The van der Waals surface area contributed by atoms with Crippen LogP contribution in [0, 0.1) is 16.7 Å². The van der Waals surface area contributed by atoms with Crippen molar-refractivity contribution >= 4 is 29.6 Å². The molecule has 0 saturated carbocycles. The predicted octanol–water partition coefficient (Wildman–Crippen LogP) is 11.7. The maximum atomic E-state index is 15.2. The van der Waals surface area contributed by atoms with Gasteiger partial charge in [-0.15, -0.1) is 0 Å². The number of ether oxygens (including phenoxy) is 3. The first kappa shape index (κ1) is 51.2. The van der Waals surface area contributed by atoms with Crippen molar-refractivity contribution in [1.29, 1.82) is 0 Å². The molecule has 1 unspecified atom stereocenters. The smallest absolute Gasteiger partial charge is 0.405 e. The summed E-state index contributed by atoms with van der Waals surface area (Å²) in [4.78, 5) is 39.9. The molecule has 1 heterocycles. The van der Waals surface area contributed by atoms with Crippen LogP contribution in [-0.2, 0) is 36.7 Å². The first-order chi connectivity index (χ1) is 34.0. The lowest BCUT2D eigenvalue weighted by Crippen LogP contribution is -2.58. The fourth-order valence-electron chi connectivity index (χ4n) is 10.3. The largest absolute Gasteiger partial charge is 0.450 e. The highest BCUT2D eigenvalue weighted by molar-refractivity contribution is 5.95. The molecule has 71 heavy (non-hydrogen) atoms. The molecule has 7 aromatic rings. The molecule has 368 valence electrons. The number of nitrogens with zero attached hydrogens (tertiary/aromatic N) is 2. The summed E-state index contributed by atoms with van der Waals surface area (Å²) in [7, 11) is 0. The van der Waals surface area contributed by atoms with Gasteiger partial charge in [0.1, 0.15) is 28.2 Å². The van der Waals surface area contributed by atoms with E-state index in [4.69, 9.17) is 30.8 Å². The van der Waals surface area contributed by atoms with Crippen LogP contribution in [0.4, 0.5) is 21.1 Å². The second kappa shape index (κ2) is 21.9. The monoisotopic (exact) mass is 955 g/mol. The Bertz CT molecular complexity index is 2600. The number of nitrogens with one attached hydrogen (secondary N) is 2. The molecule has 6 N–H and O–H groups in total. The van der Waals surface area contributed by atoms with Gasteiger partial charge in [0.2, 0.25) is 5.91 Å². The van der Waals surface area contributed by atoms with Gasteiger partial charge in [0.05, 0.1) is 26.0 Å². The number of aromatic nitrogens is 2. The van der Waals surface area contributed by atoms with Gasteiger partial charge < -0.3 is 36.3 Å². The highest BCUT2D eigenvalue weighted by atomic mass is 16.6. The lowest BCUT2D eigenvalue weighted by Gasteiger charge is -2.53. The SMILES string of the molecule is CC(C)(C)C(CC(CCOC(N)=O)C(=O)Nc1cnn(CCOC(c2ccccc2)(c2ccccc2)c2ccccc2)c1NC(c1ccccc1)(c1ccccc1)c1ccccc1)(OC(N)=O)C(C)(C)C. The minimum Gasteiger partial charge on any atom is -0.450 e. The molecule has 1 atom stereocenters. The Balaban J connectivity index is 1.38. The normalized spacial score (nSPS) is 12.6. The zero-order valence-corrected chi connectivity index (χ0v) is 41.5. The zero-order valence-electron chi connectivity index (χ0n) is 41.5. The first-order valence-corrected chi connectivity index (χ1v) is 24.0. The number of hydrogen-bond donors (Lipinski definition) is 4. The summed E-state index contributed by atoms with van der Waals surface area (Å²) in [6.07, 6.45) is -0.224. The van der Waals surface area contributed by atoms with Gasteiger partial charge in [0, 0.05) is 23.2 Å². The van der Waals surface area contributed by atoms with Gasteiger partial charge >= 0.3 is 12.2 Å². The number of nitrogens with two attached hydrogens (primary N) is 2. The van der Waals surface area contributed by atoms with E-state index in [2.05, 4.69) is 83.4 Å². The second-order valence-electron chi connectivity index (χ2n) is 19.8. The Morgan fingerprint density at radius 1 is 0.563 bits per heavy atom. The van der Waals surface area contributed by atoms with Crippen molar-refractivity contribution in [2.45, 2.75) is 77.7 Å². The Labute approximate surface area is 417 Å². The van der Waals surface area contributed by atoms with E-state index in [0.717, 1.165) is 33.4 Å². The number of hydrogen-bond acceptors (Lipinski definition) is 8. The van der Waals surface area contributed by atoms with E-state index in [0.29, 0.717) is 11.5 Å². The molecule has 0 saturated heterocycles. The number of primary amides is 2. The highest BCUT2D eigenvalue weighted by Gasteiger charge is 2.55. The average Bonchev–Trinajstić information content (AvgIpc) is 3.73. The standard InChI is InChI=1S/C59H66N6O6/c1-55(2,3)57(56(4,5)6,71-54(61)68)41-43(37-39-69-53(60)67)52(66)63-50-42-62-65(38-40-70-59(47-31-19-10-20-32-47,48-33-21-11-22-34-48)49-35-23-12-24-36-49)51(50)64-58(44-25-13-7-14-26-44,45-27-15-8-16-28-45)46-29-17-9-18-30-46/h7-36,42-43,64H,37-41H2,1-6H3,(H2,60,67)(H2,61,68)(H,63,66). The van der Waals surface area contributed by atoms with Gasteiger partial charge in [0.15, 0.2) is 0 Å². The van der Waals surface area contributed by atoms with Gasteiger partial charge in [-0.05, 0) is 39.8 Å². The van der Waals surface area contributed by atoms with Crippen molar-refractivity contribution in [1.82, 2.24) is 9.78 Å². The van der Waals surface area contributed by atoms with E-state index in [1.165, 1.54) is 0 Å². The summed E-state index contributed by atoms with van der Waals surface area (Å²) >= 11 is 0. The third-order valence-electron chi connectivity index (χ3n) is 13.5. The first-order valence-electron chi connectivity index (χ1n) is 24.0. The van der Waals surface area contributed by atoms with Crippen molar-refractivity contribution in [3.63, 3.8) is 0 Å². The van der Waals surface area contributed by atoms with E-state index >= 15 is 4.79 Å². The quantitative estimate of drug-likeness (QED) is 0.0547. The molecule has 1 aromatic heterocycles. The lowest BCUT2D eigenvalue weighted by molar-refractivity contribution is -0.156. The van der Waals surface area contributed by atoms with E-state index in [1.54, 1.807) is 6.20 Å². The topological polar surface area (TPSA) is 173 Å². The van der Waals surface area contributed by atoms with E-state index < -0.39 is 51.6 Å². The number of rotatable bonds is 20. The van der Waals surface area contributed by atoms with Crippen LogP contribution in [0.2, 0.25) is 0 Å². The molecule has 0 radical (unpaired) electrons. The molecule has 12 heteroatoms. The summed E-state index contributed by atoms with van der Waals surface area (Å²) in [5, 5.41) is 12.2. The third kappa shape index (κ3) is 11.0. The van der Waals surface area contributed by atoms with E-state index in [-0.39, 0.29) is 32.6 Å². The number of anilines is 2. The Morgan fingerprint density at radius 2 is 0.958 bits per heavy atom. The molecule has 3 amide bonds. The maximum absolute atomic E-state index is 15.2. The Morgan fingerprint density at radius 3 is 1.32 bits per heavy atom. The summed E-state index contributed by atoms with van der Waals surface area (Å²) in [6.45, 7) is 11.9. The third-order valence-corrected chi connectivity index (χ3v) is 13.5. The van der Waals surface area contributed by atoms with Gasteiger partial charge in [-0.25, -0.2) is 14.3 Å². The van der Waals surface area contributed by atoms with Crippen molar-refractivity contribution < 1.29 is 28.6 Å². The van der Waals surface area contributed by atoms with Crippen LogP contribution in [-0.4, -0.2) is 46.7 Å². The molecule has 0 bridgehead atoms. The minimum absolute atomic E-state index is 0.0319. The van der Waals surface area contributed by atoms with Crippen LogP contribution in [0.25, 0.3) is 0 Å². The van der Waals surface area contributed by atoms with Crippen molar-refractivity contribution in [2.75, 3.05) is 23.8 Å². The van der Waals surface area contributed by atoms with Crippen LogP contribution in [0.5, 0.6) is 0 Å². The molecule has 0 aliphatic carbocycles. The van der Waals surface area contributed by atoms with Crippen LogP contribution < -0.4 is 22.1 Å².